The van der Waals surface area contributed by atoms with Gasteiger partial charge >= 0.3 is 0 Å². The van der Waals surface area contributed by atoms with Gasteiger partial charge in [0.2, 0.25) is 0 Å². The molecule has 5 nitrogen and oxygen atoms in total. The first-order valence-electron chi connectivity index (χ1n) is 2.34. The molecular formula is C5H6N2O3. The second kappa shape index (κ2) is 3.52. The van der Waals surface area contributed by atoms with Crippen LogP contribution in [0.3, 0.4) is 0 Å². The molecule has 0 unspecified atom stereocenters. The average molecular weight is 142 g/mol. The van der Waals surface area contributed by atoms with Gasteiger partial charge in [0.25, 0.3) is 5.56 Å². The summed E-state index contributed by atoms with van der Waals surface area (Å²) in [5, 5.41) is 5.51. The molecule has 0 aliphatic heterocycles. The maximum atomic E-state index is 10.3. The summed E-state index contributed by atoms with van der Waals surface area (Å²) in [6, 6.07) is 2.60. The minimum atomic E-state index is -0.305. The number of rotatable bonds is 1. The maximum Gasteiger partial charge on any atom is 0.264 e. The summed E-state index contributed by atoms with van der Waals surface area (Å²) in [4.78, 5) is 20.2. The van der Waals surface area contributed by atoms with E-state index in [1.54, 1.807) is 0 Å². The largest absolute Gasteiger partial charge is 0.412 e. The number of aromatic nitrogens is 2. The van der Waals surface area contributed by atoms with Crippen LogP contribution in [0.25, 0.3) is 0 Å². The van der Waals surface area contributed by atoms with E-state index in [-0.39, 0.29) is 16.7 Å². The Bertz CT molecular complexity index is 247. The molecule has 54 valence electrons. The quantitative estimate of drug-likeness (QED) is 0.496. The van der Waals surface area contributed by atoms with Gasteiger partial charge in [-0.05, 0) is 6.07 Å². The number of aromatic amines is 1. The van der Waals surface area contributed by atoms with E-state index in [2.05, 4.69) is 10.2 Å². The molecule has 0 aromatic carbocycles. The molecule has 1 heterocycles. The third-order valence-corrected chi connectivity index (χ3v) is 0.821. The van der Waals surface area contributed by atoms with Gasteiger partial charge in [-0.25, -0.2) is 5.10 Å². The summed E-state index contributed by atoms with van der Waals surface area (Å²) in [6.07, 6.45) is 0.565. The van der Waals surface area contributed by atoms with E-state index in [0.29, 0.717) is 6.29 Å². The second-order valence-electron chi connectivity index (χ2n) is 1.46. The van der Waals surface area contributed by atoms with Crippen molar-refractivity contribution in [2.75, 3.05) is 0 Å². The topological polar surface area (TPSA) is 94.3 Å². The van der Waals surface area contributed by atoms with E-state index in [1.807, 2.05) is 0 Å². The van der Waals surface area contributed by atoms with Crippen molar-refractivity contribution in [3.63, 3.8) is 0 Å². The summed E-state index contributed by atoms with van der Waals surface area (Å²) in [7, 11) is 0. The van der Waals surface area contributed by atoms with Crippen LogP contribution in [0.1, 0.15) is 10.5 Å². The fraction of sp³-hybridized carbons (Fsp3) is 0. The summed E-state index contributed by atoms with van der Waals surface area (Å²) < 4.78 is 0. The third-order valence-electron chi connectivity index (χ3n) is 0.821. The van der Waals surface area contributed by atoms with Crippen molar-refractivity contribution in [2.45, 2.75) is 0 Å². The molecule has 0 aliphatic carbocycles. The standard InChI is InChI=1S/C5H4N2O2.H2O/c8-3-4-1-2-5(9)7-6-4;/h1-3H,(H,7,9);1H2. The molecule has 0 amide bonds. The van der Waals surface area contributed by atoms with Crippen LogP contribution in [0, 0.1) is 0 Å². The van der Waals surface area contributed by atoms with Crippen molar-refractivity contribution in [1.29, 1.82) is 0 Å². The Morgan fingerprint density at radius 3 is 2.60 bits per heavy atom. The van der Waals surface area contributed by atoms with Gasteiger partial charge in [0.05, 0.1) is 0 Å². The van der Waals surface area contributed by atoms with Gasteiger partial charge in [0, 0.05) is 6.07 Å². The molecule has 0 fully saturated rings. The van der Waals surface area contributed by atoms with E-state index in [0.717, 1.165) is 0 Å². The lowest BCUT2D eigenvalue weighted by atomic mass is 10.4. The molecule has 0 aliphatic rings. The number of hydrogen-bond donors (Lipinski definition) is 1. The summed E-state index contributed by atoms with van der Waals surface area (Å²) in [6.45, 7) is 0. The fourth-order valence-corrected chi connectivity index (χ4v) is 0.421. The van der Waals surface area contributed by atoms with E-state index in [4.69, 9.17) is 0 Å². The zero-order valence-corrected chi connectivity index (χ0v) is 5.00. The predicted molar refractivity (Wildman–Crippen MR) is 33.9 cm³/mol. The Labute approximate surface area is 56.0 Å². The third kappa shape index (κ3) is 1.79. The Balaban J connectivity index is 0.000000810. The predicted octanol–water partition coefficient (Wildman–Crippen LogP) is -1.24. The van der Waals surface area contributed by atoms with Gasteiger partial charge in [-0.2, -0.15) is 5.10 Å². The van der Waals surface area contributed by atoms with Crippen molar-refractivity contribution in [2.24, 2.45) is 0 Å². The van der Waals surface area contributed by atoms with E-state index in [1.165, 1.54) is 12.1 Å². The lowest BCUT2D eigenvalue weighted by Crippen LogP contribution is -2.06. The highest BCUT2D eigenvalue weighted by Gasteiger charge is 1.86. The Morgan fingerprint density at radius 2 is 2.20 bits per heavy atom. The van der Waals surface area contributed by atoms with Gasteiger partial charge < -0.3 is 5.48 Å². The van der Waals surface area contributed by atoms with Crippen LogP contribution in [-0.2, 0) is 0 Å². The number of H-pyrrole nitrogens is 1. The number of nitrogens with zero attached hydrogens (tertiary/aromatic N) is 1. The van der Waals surface area contributed by atoms with Gasteiger partial charge in [-0.3, -0.25) is 9.59 Å². The Hall–Kier alpha value is -1.49. The molecular weight excluding hydrogens is 136 g/mol. The van der Waals surface area contributed by atoms with Gasteiger partial charge in [0.15, 0.2) is 6.29 Å². The minimum Gasteiger partial charge on any atom is -0.412 e. The van der Waals surface area contributed by atoms with Crippen molar-refractivity contribution in [1.82, 2.24) is 10.2 Å². The molecule has 0 saturated heterocycles. The van der Waals surface area contributed by atoms with Crippen molar-refractivity contribution in [3.05, 3.63) is 28.2 Å². The van der Waals surface area contributed by atoms with E-state index >= 15 is 0 Å². The minimum absolute atomic E-state index is 0. The van der Waals surface area contributed by atoms with Crippen LogP contribution < -0.4 is 5.56 Å². The molecule has 1 aromatic rings. The normalized spacial score (nSPS) is 8.00. The maximum absolute atomic E-state index is 10.3. The zero-order chi connectivity index (χ0) is 6.69. The Morgan fingerprint density at radius 1 is 1.50 bits per heavy atom. The lowest BCUT2D eigenvalue weighted by Gasteiger charge is -1.82. The van der Waals surface area contributed by atoms with Crippen LogP contribution in [0.5, 0.6) is 0 Å². The SMILES string of the molecule is O.O=Cc1ccc(=O)[nH]n1. The Kier molecular flexibility index (Phi) is 2.99. The van der Waals surface area contributed by atoms with Crippen molar-refractivity contribution < 1.29 is 10.3 Å². The number of aldehydes is 1. The van der Waals surface area contributed by atoms with Gasteiger partial charge in [-0.15, -0.1) is 0 Å². The first-order chi connectivity index (χ1) is 4.33. The molecule has 0 bridgehead atoms. The molecule has 0 spiro atoms. The number of nitrogens with one attached hydrogen (secondary N) is 1. The first kappa shape index (κ1) is 8.51. The highest BCUT2D eigenvalue weighted by Crippen LogP contribution is 1.78. The molecule has 0 atom stereocenters. The smallest absolute Gasteiger partial charge is 0.264 e. The molecule has 0 saturated carbocycles. The zero-order valence-electron chi connectivity index (χ0n) is 5.00. The number of carbonyl (C=O) groups excluding carboxylic acids is 1. The van der Waals surface area contributed by atoms with Crippen molar-refractivity contribution >= 4 is 6.29 Å². The van der Waals surface area contributed by atoms with Crippen LogP contribution >= 0.6 is 0 Å². The first-order valence-corrected chi connectivity index (χ1v) is 2.34. The molecule has 10 heavy (non-hydrogen) atoms. The number of hydrogen-bond acceptors (Lipinski definition) is 3. The highest BCUT2D eigenvalue weighted by molar-refractivity contribution is 5.70. The summed E-state index contributed by atoms with van der Waals surface area (Å²) >= 11 is 0. The molecule has 1 rings (SSSR count). The van der Waals surface area contributed by atoms with Crippen molar-refractivity contribution in [3.8, 4) is 0 Å². The second-order valence-corrected chi connectivity index (χ2v) is 1.46. The van der Waals surface area contributed by atoms with Crippen LogP contribution in [-0.4, -0.2) is 22.0 Å². The van der Waals surface area contributed by atoms with Crippen LogP contribution in [0.2, 0.25) is 0 Å². The van der Waals surface area contributed by atoms with Crippen LogP contribution in [0.15, 0.2) is 16.9 Å². The molecule has 0 radical (unpaired) electrons. The monoisotopic (exact) mass is 142 g/mol. The lowest BCUT2D eigenvalue weighted by molar-refractivity contribution is 0.111. The summed E-state index contributed by atoms with van der Waals surface area (Å²) in [5.41, 5.74) is -0.0739. The van der Waals surface area contributed by atoms with Gasteiger partial charge in [-0.1, -0.05) is 0 Å². The fourth-order valence-electron chi connectivity index (χ4n) is 0.421. The molecule has 3 N–H and O–H groups in total. The summed E-state index contributed by atoms with van der Waals surface area (Å²) in [5.74, 6) is 0. The average Bonchev–Trinajstić information content (AvgIpc) is 1.90. The van der Waals surface area contributed by atoms with E-state index < -0.39 is 0 Å². The number of carbonyl (C=O) groups is 1. The van der Waals surface area contributed by atoms with Crippen LogP contribution in [0.4, 0.5) is 0 Å². The van der Waals surface area contributed by atoms with E-state index in [9.17, 15) is 9.59 Å². The highest BCUT2D eigenvalue weighted by atomic mass is 16.1. The van der Waals surface area contributed by atoms with Gasteiger partial charge in [0.1, 0.15) is 5.69 Å². The molecule has 5 heteroatoms. The molecule has 1 aromatic heterocycles.